The third-order valence-corrected chi connectivity index (χ3v) is 2.92. The Balaban J connectivity index is 2.44. The van der Waals surface area contributed by atoms with E-state index < -0.39 is 5.91 Å². The highest BCUT2D eigenvalue weighted by molar-refractivity contribution is 6.39. The minimum Gasteiger partial charge on any atom is -0.364 e. The van der Waals surface area contributed by atoms with Crippen LogP contribution in [0.1, 0.15) is 25.3 Å². The molecule has 0 atom stereocenters. The lowest BCUT2D eigenvalue weighted by molar-refractivity contribution is -0.118. The normalized spacial score (nSPS) is 15.5. The second-order valence-electron chi connectivity index (χ2n) is 4.10. The molecule has 5 heteroatoms. The van der Waals surface area contributed by atoms with Crippen molar-refractivity contribution in [3.05, 3.63) is 29.8 Å². The number of carbonyl (C=O) groups is 2. The van der Waals surface area contributed by atoms with E-state index in [0.717, 1.165) is 17.7 Å². The number of hydrazone groups is 1. The summed E-state index contributed by atoms with van der Waals surface area (Å²) in [4.78, 5) is 23.0. The molecule has 1 aromatic carbocycles. The van der Waals surface area contributed by atoms with E-state index in [1.165, 1.54) is 5.01 Å². The molecule has 0 unspecified atom stereocenters. The number of amides is 2. The summed E-state index contributed by atoms with van der Waals surface area (Å²) in [6.45, 7) is 2.01. The Bertz CT molecular complexity index is 523. The van der Waals surface area contributed by atoms with Crippen LogP contribution in [0.4, 0.5) is 5.69 Å². The fourth-order valence-corrected chi connectivity index (χ4v) is 1.93. The highest BCUT2D eigenvalue weighted by Crippen LogP contribution is 2.24. The zero-order valence-corrected chi connectivity index (χ0v) is 10.2. The van der Waals surface area contributed by atoms with Gasteiger partial charge in [0, 0.05) is 12.8 Å². The maximum Gasteiger partial charge on any atom is 0.264 e. The van der Waals surface area contributed by atoms with Crippen molar-refractivity contribution in [1.82, 2.24) is 0 Å². The van der Waals surface area contributed by atoms with Crippen LogP contribution in [0, 0.1) is 0 Å². The molecular weight excluding hydrogens is 230 g/mol. The van der Waals surface area contributed by atoms with Crippen molar-refractivity contribution in [3.8, 4) is 0 Å². The number of para-hydroxylation sites is 1. The van der Waals surface area contributed by atoms with E-state index in [1.54, 1.807) is 0 Å². The van der Waals surface area contributed by atoms with Crippen LogP contribution in [0.2, 0.25) is 0 Å². The van der Waals surface area contributed by atoms with Crippen LogP contribution in [0.25, 0.3) is 0 Å². The minimum absolute atomic E-state index is 0.110. The SMILES string of the molecule is CCc1ccccc1N1N=C(C(N)=O)CCC1=O. The quantitative estimate of drug-likeness (QED) is 0.869. The Hall–Kier alpha value is -2.17. The van der Waals surface area contributed by atoms with Gasteiger partial charge in [-0.3, -0.25) is 9.59 Å². The molecule has 2 rings (SSSR count). The summed E-state index contributed by atoms with van der Waals surface area (Å²) in [5.41, 5.74) is 7.21. The molecule has 2 N–H and O–H groups in total. The third kappa shape index (κ3) is 2.25. The van der Waals surface area contributed by atoms with Gasteiger partial charge < -0.3 is 5.73 Å². The summed E-state index contributed by atoms with van der Waals surface area (Å²) in [5, 5.41) is 5.36. The molecule has 94 valence electrons. The van der Waals surface area contributed by atoms with Crippen LogP contribution in [0.15, 0.2) is 29.4 Å². The van der Waals surface area contributed by atoms with E-state index in [1.807, 2.05) is 31.2 Å². The van der Waals surface area contributed by atoms with Crippen molar-refractivity contribution in [2.45, 2.75) is 26.2 Å². The predicted molar refractivity (Wildman–Crippen MR) is 69.2 cm³/mol. The van der Waals surface area contributed by atoms with Crippen molar-refractivity contribution in [1.29, 1.82) is 0 Å². The summed E-state index contributed by atoms with van der Waals surface area (Å²) < 4.78 is 0. The molecule has 0 aromatic heterocycles. The molecule has 18 heavy (non-hydrogen) atoms. The van der Waals surface area contributed by atoms with Crippen LogP contribution in [0.5, 0.6) is 0 Å². The lowest BCUT2D eigenvalue weighted by Gasteiger charge is -2.24. The molecule has 0 bridgehead atoms. The van der Waals surface area contributed by atoms with Gasteiger partial charge in [-0.2, -0.15) is 5.10 Å². The maximum absolute atomic E-state index is 11.9. The minimum atomic E-state index is -0.568. The smallest absolute Gasteiger partial charge is 0.264 e. The monoisotopic (exact) mass is 245 g/mol. The van der Waals surface area contributed by atoms with E-state index in [0.29, 0.717) is 6.42 Å². The Labute approximate surface area is 105 Å². The number of benzene rings is 1. The third-order valence-electron chi connectivity index (χ3n) is 2.92. The summed E-state index contributed by atoms with van der Waals surface area (Å²) in [6, 6.07) is 7.52. The van der Waals surface area contributed by atoms with Gasteiger partial charge in [0.15, 0.2) is 0 Å². The van der Waals surface area contributed by atoms with Crippen molar-refractivity contribution < 1.29 is 9.59 Å². The van der Waals surface area contributed by atoms with Crippen LogP contribution >= 0.6 is 0 Å². The standard InChI is InChI=1S/C13H15N3O2/c1-2-9-5-3-4-6-11(9)16-12(17)8-7-10(15-16)13(14)18/h3-6H,2,7-8H2,1H3,(H2,14,18). The molecule has 0 aliphatic carbocycles. The molecule has 0 saturated heterocycles. The summed E-state index contributed by atoms with van der Waals surface area (Å²) in [7, 11) is 0. The van der Waals surface area contributed by atoms with E-state index >= 15 is 0 Å². The average molecular weight is 245 g/mol. The topological polar surface area (TPSA) is 75.8 Å². The Morgan fingerprint density at radius 3 is 2.78 bits per heavy atom. The van der Waals surface area contributed by atoms with Crippen molar-refractivity contribution in [2.75, 3.05) is 5.01 Å². The molecule has 5 nitrogen and oxygen atoms in total. The van der Waals surface area contributed by atoms with Crippen LogP contribution in [0.3, 0.4) is 0 Å². The molecule has 1 aromatic rings. The maximum atomic E-state index is 11.9. The fourth-order valence-electron chi connectivity index (χ4n) is 1.93. The molecule has 1 heterocycles. The summed E-state index contributed by atoms with van der Waals surface area (Å²) >= 11 is 0. The van der Waals surface area contributed by atoms with E-state index in [4.69, 9.17) is 5.73 Å². The lowest BCUT2D eigenvalue weighted by Crippen LogP contribution is -2.37. The number of rotatable bonds is 3. The Morgan fingerprint density at radius 1 is 1.39 bits per heavy atom. The van der Waals surface area contributed by atoms with E-state index in [2.05, 4.69) is 5.10 Å². The van der Waals surface area contributed by atoms with E-state index in [-0.39, 0.29) is 18.0 Å². The van der Waals surface area contributed by atoms with Crippen molar-refractivity contribution >= 4 is 23.2 Å². The number of anilines is 1. The van der Waals surface area contributed by atoms with Gasteiger partial charge in [-0.15, -0.1) is 0 Å². The number of hydrogen-bond donors (Lipinski definition) is 1. The fraction of sp³-hybridized carbons (Fsp3) is 0.308. The number of nitrogens with two attached hydrogens (primary N) is 1. The number of primary amides is 1. The first-order valence-corrected chi connectivity index (χ1v) is 5.91. The molecule has 2 amide bonds. The van der Waals surface area contributed by atoms with Gasteiger partial charge in [-0.05, 0) is 18.1 Å². The summed E-state index contributed by atoms with van der Waals surface area (Å²) in [5.74, 6) is -0.678. The predicted octanol–water partition coefficient (Wildman–Crippen LogP) is 1.22. The zero-order valence-electron chi connectivity index (χ0n) is 10.2. The molecule has 0 spiro atoms. The summed E-state index contributed by atoms with van der Waals surface area (Å²) in [6.07, 6.45) is 1.38. The molecule has 0 fully saturated rings. The van der Waals surface area contributed by atoms with E-state index in [9.17, 15) is 9.59 Å². The Kier molecular flexibility index (Phi) is 3.41. The van der Waals surface area contributed by atoms with Gasteiger partial charge >= 0.3 is 0 Å². The van der Waals surface area contributed by atoms with Gasteiger partial charge in [0.2, 0.25) is 5.91 Å². The molecule has 0 saturated carbocycles. The highest BCUT2D eigenvalue weighted by atomic mass is 16.2. The lowest BCUT2D eigenvalue weighted by atomic mass is 10.1. The first kappa shape index (κ1) is 12.3. The van der Waals surface area contributed by atoms with Crippen molar-refractivity contribution in [3.63, 3.8) is 0 Å². The largest absolute Gasteiger partial charge is 0.364 e. The van der Waals surface area contributed by atoms with Crippen LogP contribution in [-0.2, 0) is 16.0 Å². The molecule has 1 aliphatic rings. The average Bonchev–Trinajstić information content (AvgIpc) is 2.39. The first-order chi connectivity index (χ1) is 8.63. The van der Waals surface area contributed by atoms with Crippen LogP contribution < -0.4 is 10.7 Å². The second-order valence-corrected chi connectivity index (χ2v) is 4.10. The second kappa shape index (κ2) is 5.00. The van der Waals surface area contributed by atoms with Gasteiger partial charge in [0.05, 0.1) is 5.69 Å². The first-order valence-electron chi connectivity index (χ1n) is 5.91. The molecule has 0 radical (unpaired) electrons. The van der Waals surface area contributed by atoms with Gasteiger partial charge in [0.1, 0.15) is 5.71 Å². The van der Waals surface area contributed by atoms with Gasteiger partial charge in [-0.25, -0.2) is 5.01 Å². The highest BCUT2D eigenvalue weighted by Gasteiger charge is 2.25. The van der Waals surface area contributed by atoms with Crippen molar-refractivity contribution in [2.24, 2.45) is 10.8 Å². The van der Waals surface area contributed by atoms with Crippen LogP contribution in [-0.4, -0.2) is 17.5 Å². The number of hydrogen-bond acceptors (Lipinski definition) is 3. The Morgan fingerprint density at radius 2 is 2.11 bits per heavy atom. The number of aryl methyl sites for hydroxylation is 1. The number of nitrogens with zero attached hydrogens (tertiary/aromatic N) is 2. The molecule has 1 aliphatic heterocycles. The van der Waals surface area contributed by atoms with Gasteiger partial charge in [-0.1, -0.05) is 25.1 Å². The molecular formula is C13H15N3O2. The van der Waals surface area contributed by atoms with Gasteiger partial charge in [0.25, 0.3) is 5.91 Å². The zero-order chi connectivity index (χ0) is 13.1. The number of carbonyl (C=O) groups excluding carboxylic acids is 2.